The number of amides is 1. The second-order valence-electron chi connectivity index (χ2n) is 5.44. The molecule has 1 aromatic heterocycles. The number of benzene rings is 2. The molecule has 0 fully saturated rings. The van der Waals surface area contributed by atoms with Crippen LogP contribution in [0.4, 0.5) is 5.13 Å². The van der Waals surface area contributed by atoms with Gasteiger partial charge in [0.1, 0.15) is 5.75 Å². The van der Waals surface area contributed by atoms with Crippen LogP contribution in [0.5, 0.6) is 5.75 Å². The third kappa shape index (κ3) is 4.81. The lowest BCUT2D eigenvalue weighted by Crippen LogP contribution is -2.12. The highest BCUT2D eigenvalue weighted by Crippen LogP contribution is 2.26. The Bertz CT molecular complexity index is 862. The van der Waals surface area contributed by atoms with Gasteiger partial charge in [-0.3, -0.25) is 4.79 Å². The smallest absolute Gasteiger partial charge is 0.226 e. The minimum absolute atomic E-state index is 0.0596. The molecule has 0 unspecified atom stereocenters. The number of halogens is 1. The Morgan fingerprint density at radius 2 is 2.04 bits per heavy atom. The molecule has 4 nitrogen and oxygen atoms in total. The molecular weight excluding hydrogens is 356 g/mol. The summed E-state index contributed by atoms with van der Waals surface area (Å²) >= 11 is 7.36. The third-order valence-corrected chi connectivity index (χ3v) is 4.66. The fourth-order valence-electron chi connectivity index (χ4n) is 2.36. The van der Waals surface area contributed by atoms with Gasteiger partial charge >= 0.3 is 0 Å². The van der Waals surface area contributed by atoms with Crippen LogP contribution in [0.1, 0.15) is 12.0 Å². The SMILES string of the molecule is COc1ccc(-c2csc(NC(=O)CCc3cccc(Cl)c3)n2)cc1. The summed E-state index contributed by atoms with van der Waals surface area (Å²) in [6, 6.07) is 15.2. The number of thiazole rings is 1. The number of hydrogen-bond donors (Lipinski definition) is 1. The number of nitrogens with one attached hydrogen (secondary N) is 1. The van der Waals surface area contributed by atoms with Gasteiger partial charge in [-0.05, 0) is 48.4 Å². The van der Waals surface area contributed by atoms with Crippen molar-refractivity contribution in [1.29, 1.82) is 0 Å². The van der Waals surface area contributed by atoms with Crippen molar-refractivity contribution in [1.82, 2.24) is 4.98 Å². The van der Waals surface area contributed by atoms with E-state index in [-0.39, 0.29) is 5.91 Å². The number of nitrogens with zero attached hydrogens (tertiary/aromatic N) is 1. The van der Waals surface area contributed by atoms with E-state index in [0.29, 0.717) is 23.0 Å². The standard InChI is InChI=1S/C19H17ClN2O2S/c1-24-16-8-6-14(7-9-16)17-12-25-19(21-17)22-18(23)10-5-13-3-2-4-15(20)11-13/h2-4,6-9,11-12H,5,10H2,1H3,(H,21,22,23). The van der Waals surface area contributed by atoms with E-state index in [9.17, 15) is 4.79 Å². The van der Waals surface area contributed by atoms with Crippen molar-refractivity contribution in [2.24, 2.45) is 0 Å². The molecule has 0 bridgehead atoms. The van der Waals surface area contributed by atoms with Crippen LogP contribution >= 0.6 is 22.9 Å². The normalized spacial score (nSPS) is 10.5. The first-order valence-corrected chi connectivity index (χ1v) is 9.04. The van der Waals surface area contributed by atoms with Crippen LogP contribution in [0.25, 0.3) is 11.3 Å². The molecule has 0 spiro atoms. The maximum absolute atomic E-state index is 12.1. The van der Waals surface area contributed by atoms with Gasteiger partial charge in [0.2, 0.25) is 5.91 Å². The molecule has 0 atom stereocenters. The summed E-state index contributed by atoms with van der Waals surface area (Å²) in [7, 11) is 1.63. The summed E-state index contributed by atoms with van der Waals surface area (Å²) < 4.78 is 5.15. The van der Waals surface area contributed by atoms with Gasteiger partial charge in [-0.2, -0.15) is 0 Å². The molecule has 6 heteroatoms. The minimum Gasteiger partial charge on any atom is -0.497 e. The van der Waals surface area contributed by atoms with Crippen molar-refractivity contribution in [3.63, 3.8) is 0 Å². The highest BCUT2D eigenvalue weighted by molar-refractivity contribution is 7.14. The first-order chi connectivity index (χ1) is 12.1. The predicted octanol–water partition coefficient (Wildman–Crippen LogP) is 5.04. The van der Waals surface area contributed by atoms with Gasteiger partial charge in [-0.25, -0.2) is 4.98 Å². The Labute approximate surface area is 155 Å². The number of ether oxygens (including phenoxy) is 1. The van der Waals surface area contributed by atoms with Gasteiger partial charge in [0.25, 0.3) is 0 Å². The van der Waals surface area contributed by atoms with Gasteiger partial charge < -0.3 is 10.1 Å². The molecule has 3 aromatic rings. The molecule has 0 aliphatic rings. The summed E-state index contributed by atoms with van der Waals surface area (Å²) in [5, 5.41) is 6.06. The van der Waals surface area contributed by atoms with Gasteiger partial charge in [0.05, 0.1) is 12.8 Å². The van der Waals surface area contributed by atoms with Crippen LogP contribution in [-0.2, 0) is 11.2 Å². The monoisotopic (exact) mass is 372 g/mol. The number of carbonyl (C=O) groups is 1. The van der Waals surface area contributed by atoms with Gasteiger partial charge in [-0.1, -0.05) is 23.7 Å². The predicted molar refractivity (Wildman–Crippen MR) is 103 cm³/mol. The second-order valence-corrected chi connectivity index (χ2v) is 6.74. The van der Waals surface area contributed by atoms with Gasteiger partial charge in [0, 0.05) is 22.4 Å². The van der Waals surface area contributed by atoms with Crippen molar-refractivity contribution in [2.75, 3.05) is 12.4 Å². The molecule has 2 aromatic carbocycles. The van der Waals surface area contributed by atoms with E-state index < -0.39 is 0 Å². The molecule has 0 aliphatic heterocycles. The molecule has 1 N–H and O–H groups in total. The van der Waals surface area contributed by atoms with Crippen molar-refractivity contribution < 1.29 is 9.53 Å². The Morgan fingerprint density at radius 1 is 1.24 bits per heavy atom. The van der Waals surface area contributed by atoms with Crippen LogP contribution in [0.3, 0.4) is 0 Å². The van der Waals surface area contributed by atoms with Crippen molar-refractivity contribution in [2.45, 2.75) is 12.8 Å². The molecule has 0 aliphatic carbocycles. The van der Waals surface area contributed by atoms with Crippen molar-refractivity contribution >= 4 is 34.0 Å². The molecule has 1 heterocycles. The summed E-state index contributed by atoms with van der Waals surface area (Å²) in [5.74, 6) is 0.740. The second kappa shape index (κ2) is 8.14. The number of aryl methyl sites for hydroxylation is 1. The summed E-state index contributed by atoms with van der Waals surface area (Å²) in [4.78, 5) is 16.6. The van der Waals surface area contributed by atoms with E-state index in [2.05, 4.69) is 10.3 Å². The lowest BCUT2D eigenvalue weighted by molar-refractivity contribution is -0.116. The van der Waals surface area contributed by atoms with Gasteiger partial charge in [0.15, 0.2) is 5.13 Å². The fraction of sp³-hybridized carbons (Fsp3) is 0.158. The highest BCUT2D eigenvalue weighted by Gasteiger charge is 2.09. The number of hydrogen-bond acceptors (Lipinski definition) is 4. The number of methoxy groups -OCH3 is 1. The molecule has 0 saturated heterocycles. The van der Waals surface area contributed by atoms with E-state index in [1.807, 2.05) is 53.9 Å². The van der Waals surface area contributed by atoms with Crippen LogP contribution < -0.4 is 10.1 Å². The maximum Gasteiger partial charge on any atom is 0.226 e. The first kappa shape index (κ1) is 17.5. The lowest BCUT2D eigenvalue weighted by atomic mass is 10.1. The molecular formula is C19H17ClN2O2S. The largest absolute Gasteiger partial charge is 0.497 e. The summed E-state index contributed by atoms with van der Waals surface area (Å²) in [6.07, 6.45) is 1.03. The molecule has 128 valence electrons. The molecule has 25 heavy (non-hydrogen) atoms. The average molecular weight is 373 g/mol. The van der Waals surface area contributed by atoms with Crippen LogP contribution in [0.15, 0.2) is 53.9 Å². The maximum atomic E-state index is 12.1. The molecule has 1 amide bonds. The Kier molecular flexibility index (Phi) is 5.68. The third-order valence-electron chi connectivity index (χ3n) is 3.67. The fourth-order valence-corrected chi connectivity index (χ4v) is 3.31. The van der Waals surface area contributed by atoms with Crippen molar-refractivity contribution in [3.05, 3.63) is 64.5 Å². The Morgan fingerprint density at radius 3 is 2.76 bits per heavy atom. The van der Waals surface area contributed by atoms with E-state index in [1.54, 1.807) is 7.11 Å². The minimum atomic E-state index is -0.0596. The average Bonchev–Trinajstić information content (AvgIpc) is 3.08. The molecule has 3 rings (SSSR count). The van der Waals surface area contributed by atoms with E-state index >= 15 is 0 Å². The first-order valence-electron chi connectivity index (χ1n) is 7.78. The van der Waals surface area contributed by atoms with E-state index in [4.69, 9.17) is 16.3 Å². The summed E-state index contributed by atoms with van der Waals surface area (Å²) in [6.45, 7) is 0. The van der Waals surface area contributed by atoms with Crippen LogP contribution in [-0.4, -0.2) is 18.0 Å². The zero-order valence-electron chi connectivity index (χ0n) is 13.7. The van der Waals surface area contributed by atoms with E-state index in [0.717, 1.165) is 22.6 Å². The summed E-state index contributed by atoms with van der Waals surface area (Å²) in [5.41, 5.74) is 2.86. The van der Waals surface area contributed by atoms with E-state index in [1.165, 1.54) is 11.3 Å². The molecule has 0 radical (unpaired) electrons. The Hall–Kier alpha value is -2.37. The topological polar surface area (TPSA) is 51.2 Å². The lowest BCUT2D eigenvalue weighted by Gasteiger charge is -2.03. The molecule has 0 saturated carbocycles. The number of aromatic nitrogens is 1. The van der Waals surface area contributed by atoms with Gasteiger partial charge in [-0.15, -0.1) is 11.3 Å². The highest BCUT2D eigenvalue weighted by atomic mass is 35.5. The number of anilines is 1. The zero-order valence-corrected chi connectivity index (χ0v) is 15.2. The quantitative estimate of drug-likeness (QED) is 0.659. The van der Waals surface area contributed by atoms with Crippen LogP contribution in [0.2, 0.25) is 5.02 Å². The van der Waals surface area contributed by atoms with Crippen LogP contribution in [0, 0.1) is 0 Å². The van der Waals surface area contributed by atoms with Crippen molar-refractivity contribution in [3.8, 4) is 17.0 Å². The number of carbonyl (C=O) groups excluding carboxylic acids is 1. The number of rotatable bonds is 6. The zero-order chi connectivity index (χ0) is 17.6. The Balaban J connectivity index is 1.57.